The molecule has 0 saturated carbocycles. The van der Waals surface area contributed by atoms with E-state index >= 15 is 0 Å². The first-order chi connectivity index (χ1) is 24.1. The summed E-state index contributed by atoms with van der Waals surface area (Å²) in [5.41, 5.74) is 5.56. The molecule has 1 aliphatic rings. The summed E-state index contributed by atoms with van der Waals surface area (Å²) in [5, 5.41) is 19.4. The lowest BCUT2D eigenvalue weighted by atomic mass is 9.93. The molecule has 12 heteroatoms. The number of carbonyl (C=O) groups excluding carboxylic acids is 3. The molecule has 0 saturated heterocycles. The average Bonchev–Trinajstić information content (AvgIpc) is 3.51. The lowest BCUT2D eigenvalue weighted by molar-refractivity contribution is -0.114. The predicted molar refractivity (Wildman–Crippen MR) is 202 cm³/mol. The second-order valence-electron chi connectivity index (χ2n) is 12.9. The number of fused-ring (bicyclic) bond motifs is 1. The minimum atomic E-state index is -1.09. The van der Waals surface area contributed by atoms with Gasteiger partial charge < -0.3 is 25.2 Å². The monoisotopic (exact) mass is 714 g/mol. The van der Waals surface area contributed by atoms with E-state index in [4.69, 9.17) is 16.7 Å². The van der Waals surface area contributed by atoms with Gasteiger partial charge in [-0.25, -0.2) is 4.68 Å². The second kappa shape index (κ2) is 17.0. The molecule has 1 aromatic heterocycles. The van der Waals surface area contributed by atoms with Gasteiger partial charge in [0, 0.05) is 37.9 Å². The van der Waals surface area contributed by atoms with E-state index in [9.17, 15) is 19.5 Å². The number of benzene rings is 3. The van der Waals surface area contributed by atoms with Crippen molar-refractivity contribution in [1.82, 2.24) is 19.6 Å². The average molecular weight is 715 g/mol. The first kappa shape index (κ1) is 36.8. The van der Waals surface area contributed by atoms with Crippen LogP contribution >= 0.6 is 11.6 Å². The number of amides is 3. The summed E-state index contributed by atoms with van der Waals surface area (Å²) in [5.74, 6) is -0.527. The van der Waals surface area contributed by atoms with Gasteiger partial charge >= 0.3 is 0 Å². The van der Waals surface area contributed by atoms with Crippen LogP contribution in [0, 0.1) is 6.92 Å². The van der Waals surface area contributed by atoms with E-state index in [-0.39, 0.29) is 30.4 Å². The number of carbonyl (C=O) groups is 3. The van der Waals surface area contributed by atoms with Crippen LogP contribution < -0.4 is 15.5 Å². The van der Waals surface area contributed by atoms with E-state index in [1.165, 1.54) is 6.92 Å². The van der Waals surface area contributed by atoms with E-state index in [0.717, 1.165) is 53.4 Å². The van der Waals surface area contributed by atoms with E-state index in [0.29, 0.717) is 53.7 Å². The molecule has 0 spiro atoms. The summed E-state index contributed by atoms with van der Waals surface area (Å²) in [6, 6.07) is 20.6. The van der Waals surface area contributed by atoms with Crippen molar-refractivity contribution in [2.45, 2.75) is 72.4 Å². The highest BCUT2D eigenvalue weighted by molar-refractivity contribution is 6.57. The van der Waals surface area contributed by atoms with Crippen molar-refractivity contribution in [2.75, 3.05) is 30.0 Å². The van der Waals surface area contributed by atoms with Gasteiger partial charge in [0.25, 0.3) is 11.8 Å². The van der Waals surface area contributed by atoms with Gasteiger partial charge in [0.15, 0.2) is 15.4 Å². The number of halogens is 1. The summed E-state index contributed by atoms with van der Waals surface area (Å²) in [7, 11) is -1.09. The number of aliphatic hydroxyl groups excluding tert-OH is 1. The number of nitrogens with zero attached hydrogens (tertiary/aromatic N) is 4. The first-order valence-electron chi connectivity index (χ1n) is 17.4. The van der Waals surface area contributed by atoms with Crippen molar-refractivity contribution in [1.29, 1.82) is 0 Å². The number of hydrogen-bond acceptors (Lipinski definition) is 6. The highest BCUT2D eigenvalue weighted by atomic mass is 35.5. The van der Waals surface area contributed by atoms with Crippen LogP contribution in [-0.2, 0) is 17.8 Å². The number of aromatic nitrogens is 2. The quantitative estimate of drug-likeness (QED) is 0.154. The fourth-order valence-electron chi connectivity index (χ4n) is 6.31. The van der Waals surface area contributed by atoms with E-state index in [1.807, 2.05) is 66.4 Å². The first-order valence-corrected chi connectivity index (χ1v) is 19.2. The van der Waals surface area contributed by atoms with Gasteiger partial charge in [0.1, 0.15) is 0 Å². The van der Waals surface area contributed by atoms with Crippen LogP contribution in [0.3, 0.4) is 0 Å². The fourth-order valence-corrected chi connectivity index (χ4v) is 7.86. The lowest BCUT2D eigenvalue weighted by Crippen LogP contribution is -2.46. The van der Waals surface area contributed by atoms with Gasteiger partial charge in [0.05, 0.1) is 34.6 Å². The molecule has 0 radical (unpaired) electrons. The van der Waals surface area contributed by atoms with E-state index in [2.05, 4.69) is 24.1 Å². The van der Waals surface area contributed by atoms with Crippen LogP contribution in [0.5, 0.6) is 0 Å². The number of nitrogens with one attached hydrogen (secondary N) is 2. The largest absolute Gasteiger partial charge is 0.412 e. The standard InChI is InChI=1S/C38H47ClN6O4Si/c1-5-7-17-43(18-8-6-2)38(49)35-19-25(3)45(41-35)36-16-13-29(42-50-31-14-15-34(33(39)22-31)40-26(4)47)21-32(36)37(48)44-23-28-12-10-9-11-27(28)20-30(44)24-46/h9-16,19,21-22,30,42,46H,5-8,17-18,20,23-24,50H2,1-4H3,(H,40,47). The molecular weight excluding hydrogens is 668 g/mol. The Labute approximate surface area is 301 Å². The minimum absolute atomic E-state index is 0.109. The molecule has 0 fully saturated rings. The molecule has 0 aliphatic carbocycles. The number of hydrogen-bond donors (Lipinski definition) is 3. The van der Waals surface area contributed by atoms with Gasteiger partial charge in [-0.3, -0.25) is 14.4 Å². The summed E-state index contributed by atoms with van der Waals surface area (Å²) < 4.78 is 1.69. The Hall–Kier alpha value is -4.45. The van der Waals surface area contributed by atoms with Crippen molar-refractivity contribution in [3.05, 3.63) is 99.8 Å². The third-order valence-electron chi connectivity index (χ3n) is 9.08. The molecule has 5 rings (SSSR count). The summed E-state index contributed by atoms with van der Waals surface area (Å²) in [6.07, 6.45) is 4.37. The summed E-state index contributed by atoms with van der Waals surface area (Å²) in [6.45, 7) is 9.11. The lowest BCUT2D eigenvalue weighted by Gasteiger charge is -2.36. The van der Waals surface area contributed by atoms with Gasteiger partial charge in [-0.05, 0) is 78.9 Å². The molecule has 2 heterocycles. The van der Waals surface area contributed by atoms with Crippen molar-refractivity contribution in [3.8, 4) is 5.69 Å². The number of aliphatic hydroxyl groups is 1. The Morgan fingerprint density at radius 3 is 2.38 bits per heavy atom. The van der Waals surface area contributed by atoms with E-state index < -0.39 is 9.68 Å². The number of rotatable bonds is 14. The summed E-state index contributed by atoms with van der Waals surface area (Å²) >= 11 is 6.44. The number of aryl methyl sites for hydroxylation is 1. The van der Waals surface area contributed by atoms with Gasteiger partial charge in [-0.1, -0.05) is 68.6 Å². The van der Waals surface area contributed by atoms with Gasteiger partial charge in [-0.15, -0.1) is 0 Å². The Kier molecular flexibility index (Phi) is 12.5. The Morgan fingerprint density at radius 1 is 1.00 bits per heavy atom. The second-order valence-corrected chi connectivity index (χ2v) is 14.8. The highest BCUT2D eigenvalue weighted by Crippen LogP contribution is 2.29. The van der Waals surface area contributed by atoms with Crippen molar-refractivity contribution in [2.24, 2.45) is 0 Å². The molecule has 0 bridgehead atoms. The van der Waals surface area contributed by atoms with Gasteiger partial charge in [0.2, 0.25) is 5.91 Å². The van der Waals surface area contributed by atoms with Gasteiger partial charge in [-0.2, -0.15) is 5.10 Å². The molecule has 10 nitrogen and oxygen atoms in total. The Balaban J connectivity index is 1.50. The maximum absolute atomic E-state index is 14.6. The Bertz CT molecular complexity index is 1840. The maximum Gasteiger partial charge on any atom is 0.274 e. The van der Waals surface area contributed by atoms with Crippen LogP contribution in [0.25, 0.3) is 5.69 Å². The zero-order valence-corrected chi connectivity index (χ0v) is 31.5. The van der Waals surface area contributed by atoms with Crippen LogP contribution in [0.1, 0.15) is 84.1 Å². The van der Waals surface area contributed by atoms with Crippen LogP contribution in [0.4, 0.5) is 11.4 Å². The molecule has 4 aromatic rings. The molecule has 1 unspecified atom stereocenters. The molecule has 3 amide bonds. The van der Waals surface area contributed by atoms with E-state index in [1.54, 1.807) is 21.7 Å². The third-order valence-corrected chi connectivity index (χ3v) is 10.8. The molecule has 264 valence electrons. The fraction of sp³-hybridized carbons (Fsp3) is 0.368. The molecule has 1 aliphatic heterocycles. The zero-order chi connectivity index (χ0) is 35.8. The molecule has 3 aromatic carbocycles. The highest BCUT2D eigenvalue weighted by Gasteiger charge is 2.32. The topological polar surface area (TPSA) is 120 Å². The minimum Gasteiger partial charge on any atom is -0.412 e. The molecule has 1 atom stereocenters. The van der Waals surface area contributed by atoms with Crippen molar-refractivity contribution >= 4 is 55.6 Å². The Morgan fingerprint density at radius 2 is 1.72 bits per heavy atom. The zero-order valence-electron chi connectivity index (χ0n) is 29.3. The van der Waals surface area contributed by atoms with Crippen LogP contribution in [0.2, 0.25) is 5.02 Å². The number of anilines is 2. The third kappa shape index (κ3) is 8.63. The summed E-state index contributed by atoms with van der Waals surface area (Å²) in [4.78, 5) is 47.0. The van der Waals surface area contributed by atoms with Crippen LogP contribution in [-0.4, -0.2) is 77.8 Å². The smallest absolute Gasteiger partial charge is 0.274 e. The van der Waals surface area contributed by atoms with Crippen LogP contribution in [0.15, 0.2) is 66.7 Å². The molecule has 50 heavy (non-hydrogen) atoms. The molecular formula is C38H47ClN6O4Si. The SMILES string of the molecule is CCCCN(CCCC)C(=O)c1cc(C)n(-c2ccc(N[SiH2]c3ccc(NC(C)=O)c(Cl)c3)cc2C(=O)N2Cc3ccccc3CC2CO)n1. The number of unbranched alkanes of at least 4 members (excludes halogenated alkanes) is 2. The van der Waals surface area contributed by atoms with Crippen molar-refractivity contribution in [3.63, 3.8) is 0 Å². The maximum atomic E-state index is 14.6. The normalized spacial score (nSPS) is 14.1. The molecule has 3 N–H and O–H groups in total. The van der Waals surface area contributed by atoms with Crippen molar-refractivity contribution < 1.29 is 19.5 Å². The predicted octanol–water partition coefficient (Wildman–Crippen LogP) is 5.22.